The van der Waals surface area contributed by atoms with E-state index in [1.807, 2.05) is 0 Å². The summed E-state index contributed by atoms with van der Waals surface area (Å²) < 4.78 is 221. The van der Waals surface area contributed by atoms with E-state index in [1.54, 1.807) is 0 Å². The maximum absolute atomic E-state index is 13.7. The first-order valence-corrected chi connectivity index (χ1v) is 16.1. The minimum atomic E-state index is -6.38. The quantitative estimate of drug-likeness (QED) is 0.0609. The van der Waals surface area contributed by atoms with Crippen LogP contribution in [0.5, 0.6) is 0 Å². The molecule has 2 aromatic rings. The summed E-state index contributed by atoms with van der Waals surface area (Å²) in [7, 11) is 0. The summed E-state index contributed by atoms with van der Waals surface area (Å²) in [6, 6.07) is -5.94. The molecule has 0 aliphatic carbocycles. The molecule has 2 heterocycles. The number of aliphatic carboxylic acids is 2. The topological polar surface area (TPSA) is 185 Å². The molecule has 3 atom stereocenters. The van der Waals surface area contributed by atoms with Crippen molar-refractivity contribution in [3.63, 3.8) is 0 Å². The molecule has 2 aromatic carbocycles. The molecule has 0 saturated carbocycles. The van der Waals surface area contributed by atoms with Crippen molar-refractivity contribution in [2.45, 2.75) is 65.7 Å². The molecule has 0 bridgehead atoms. The minimum Gasteiger partial charge on any atom is -0.480 e. The lowest BCUT2D eigenvalue weighted by Gasteiger charge is -2.32. The second-order valence-corrected chi connectivity index (χ2v) is 11.8. The number of benzene rings is 2. The van der Waals surface area contributed by atoms with Gasteiger partial charge in [0.25, 0.3) is 11.8 Å². The van der Waals surface area contributed by atoms with Crippen molar-refractivity contribution < 1.29 is 118 Å². The Bertz CT molecular complexity index is 1940. The number of alkyl halides is 9. The zero-order chi connectivity index (χ0) is 48.2. The Morgan fingerprint density at radius 1 is 0.581 bits per heavy atom. The van der Waals surface area contributed by atoms with Crippen LogP contribution in [0.3, 0.4) is 0 Å². The standard InChI is InChI=1S/C13H3F10NO4.C8F4O3.C6H15N.C5H8F3NO2.CH4/c14-3-1-2(4(15)6(17)5(3)16)10(26)24(9(1)25)7(11(27)28)8(12(18,19)20)13(21,22)23;9-3-1-2(8(14)15-7(1)13)4(10)6(12)5(3)11;1-4-7(5-2)6-3;1-2(5(6,7)8)3(9)4(10)11;/h7-8H,(H,27,28);;4-6H2,1-3H3;2-3H,9H2,1H3,(H,10,11);1H4/t7-;;;2?,3-;/m0..0./s1. The number of rotatable bonds is 8. The van der Waals surface area contributed by atoms with Gasteiger partial charge >= 0.3 is 42.4 Å². The van der Waals surface area contributed by atoms with E-state index < -0.39 is 152 Å². The van der Waals surface area contributed by atoms with Crippen LogP contribution in [0, 0.1) is 58.4 Å². The first kappa shape index (κ1) is 56.4. The number of carboxylic acid groups (broad SMARTS) is 2. The van der Waals surface area contributed by atoms with E-state index in [9.17, 15) is 103 Å². The number of nitrogens with zero attached hydrogens (tertiary/aromatic N) is 2. The third-order valence-electron chi connectivity index (χ3n) is 8.23. The van der Waals surface area contributed by atoms with Crippen molar-refractivity contribution in [1.29, 1.82) is 0 Å². The van der Waals surface area contributed by atoms with Gasteiger partial charge in [-0.3, -0.25) is 19.3 Å². The van der Waals surface area contributed by atoms with E-state index in [0.717, 1.165) is 6.92 Å². The zero-order valence-electron chi connectivity index (χ0n) is 30.6. The maximum atomic E-state index is 13.7. The monoisotopic (exact) mass is 935 g/mol. The Balaban J connectivity index is 0.000000914. The molecular weight excluding hydrogens is 905 g/mol. The Morgan fingerprint density at radius 2 is 0.871 bits per heavy atom. The van der Waals surface area contributed by atoms with Crippen LogP contribution in [-0.2, 0) is 14.3 Å². The third kappa shape index (κ3) is 11.8. The second kappa shape index (κ2) is 21.0. The Hall–Kier alpha value is -5.61. The van der Waals surface area contributed by atoms with Crippen molar-refractivity contribution in [3.05, 3.63) is 68.8 Å². The molecule has 2 amide bonds. The average molecular weight is 936 g/mol. The third-order valence-corrected chi connectivity index (χ3v) is 8.23. The van der Waals surface area contributed by atoms with Crippen LogP contribution < -0.4 is 5.73 Å². The van der Waals surface area contributed by atoms with Crippen LogP contribution in [0.1, 0.15) is 76.6 Å². The molecule has 350 valence electrons. The smallest absolute Gasteiger partial charge is 0.403 e. The Kier molecular flexibility index (Phi) is 19.1. The summed E-state index contributed by atoms with van der Waals surface area (Å²) in [4.78, 5) is 67.6. The molecule has 0 aromatic heterocycles. The van der Waals surface area contributed by atoms with Gasteiger partial charge in [0.1, 0.15) is 17.2 Å². The number of nitrogens with two attached hydrogens (primary N) is 1. The van der Waals surface area contributed by atoms with Gasteiger partial charge < -0.3 is 25.6 Å². The first-order valence-electron chi connectivity index (χ1n) is 16.1. The fourth-order valence-corrected chi connectivity index (χ4v) is 4.85. The first-order chi connectivity index (χ1) is 27.6. The maximum Gasteiger partial charge on any atom is 0.403 e. The molecule has 0 saturated heterocycles. The Morgan fingerprint density at radius 3 is 1.06 bits per heavy atom. The predicted molar refractivity (Wildman–Crippen MR) is 171 cm³/mol. The van der Waals surface area contributed by atoms with E-state index in [2.05, 4.69) is 30.4 Å². The van der Waals surface area contributed by atoms with Crippen molar-refractivity contribution in [3.8, 4) is 0 Å². The number of carbonyl (C=O) groups excluding carboxylic acids is 4. The fraction of sp³-hybridized carbons (Fsp3) is 0.455. The number of fused-ring (bicyclic) bond motifs is 2. The van der Waals surface area contributed by atoms with Crippen LogP contribution in [0.4, 0.5) is 74.6 Å². The highest BCUT2D eigenvalue weighted by atomic mass is 19.4. The van der Waals surface area contributed by atoms with Gasteiger partial charge in [-0.1, -0.05) is 35.1 Å². The molecule has 0 spiro atoms. The van der Waals surface area contributed by atoms with Gasteiger partial charge in [-0.05, 0) is 19.6 Å². The van der Waals surface area contributed by atoms with Crippen LogP contribution in [0.15, 0.2) is 0 Å². The van der Waals surface area contributed by atoms with Crippen LogP contribution >= 0.6 is 0 Å². The summed E-state index contributed by atoms with van der Waals surface area (Å²) in [6.45, 7) is 10.9. The lowest BCUT2D eigenvalue weighted by molar-refractivity contribution is -0.294. The number of hydrogen-bond acceptors (Lipinski definition) is 9. The van der Waals surface area contributed by atoms with Crippen molar-refractivity contribution in [1.82, 2.24) is 9.80 Å². The number of ether oxygens (including phenoxy) is 1. The SMILES string of the molecule is C.CC([C@H](N)C(=O)O)C(F)(F)F.CCN(CC)CC.O=C(O)[C@H](C(C(F)(F)F)C(F)(F)F)N1C(=O)c2c(F)c(F)c(F)c(F)c2C1=O.O=C1OC(=O)c2c(F)c(F)c(F)c(F)c21. The number of hydrogen-bond donors (Lipinski definition) is 3. The van der Waals surface area contributed by atoms with Gasteiger partial charge in [0.05, 0.1) is 17.0 Å². The lowest BCUT2D eigenvalue weighted by atomic mass is 9.96. The van der Waals surface area contributed by atoms with Crippen LogP contribution in [0.2, 0.25) is 0 Å². The van der Waals surface area contributed by atoms with E-state index in [-0.39, 0.29) is 7.43 Å². The number of carbonyl (C=O) groups is 6. The average Bonchev–Trinajstić information content (AvgIpc) is 3.59. The molecule has 2 aliphatic heterocycles. The Labute approximate surface area is 336 Å². The van der Waals surface area contributed by atoms with Gasteiger partial charge in [-0.15, -0.1) is 0 Å². The van der Waals surface area contributed by atoms with Crippen molar-refractivity contribution >= 4 is 35.7 Å². The number of carboxylic acids is 2. The number of esters is 2. The second-order valence-electron chi connectivity index (χ2n) is 11.8. The molecule has 4 rings (SSSR count). The number of cyclic esters (lactones) is 2. The van der Waals surface area contributed by atoms with Crippen molar-refractivity contribution in [2.24, 2.45) is 17.6 Å². The van der Waals surface area contributed by atoms with Crippen LogP contribution in [0.25, 0.3) is 0 Å². The molecule has 29 heteroatoms. The molecule has 1 unspecified atom stereocenters. The molecule has 62 heavy (non-hydrogen) atoms. The summed E-state index contributed by atoms with van der Waals surface area (Å²) in [5.41, 5.74) is -1.76. The highest BCUT2D eigenvalue weighted by Crippen LogP contribution is 2.45. The van der Waals surface area contributed by atoms with E-state index in [0.29, 0.717) is 0 Å². The number of halogens is 17. The summed E-state index contributed by atoms with van der Waals surface area (Å²) >= 11 is 0. The number of imide groups is 1. The minimum absolute atomic E-state index is 0. The van der Waals surface area contributed by atoms with Crippen molar-refractivity contribution in [2.75, 3.05) is 19.6 Å². The van der Waals surface area contributed by atoms with Gasteiger partial charge in [0.15, 0.2) is 58.5 Å². The van der Waals surface area contributed by atoms with E-state index in [1.165, 1.54) is 19.6 Å². The molecule has 12 nitrogen and oxygen atoms in total. The van der Waals surface area contributed by atoms with E-state index >= 15 is 0 Å². The summed E-state index contributed by atoms with van der Waals surface area (Å²) in [6.07, 6.45) is -17.3. The molecular formula is C33H30F17N3O9. The molecule has 2 aliphatic rings. The number of amides is 2. The normalized spacial score (nSPS) is 14.9. The highest BCUT2D eigenvalue weighted by molar-refractivity contribution is 6.23. The summed E-state index contributed by atoms with van der Waals surface area (Å²) in [5, 5.41) is 16.9. The lowest BCUT2D eigenvalue weighted by Crippen LogP contribution is -2.58. The van der Waals surface area contributed by atoms with Crippen LogP contribution in [-0.4, -0.2) is 106 Å². The largest absolute Gasteiger partial charge is 0.480 e. The zero-order valence-corrected chi connectivity index (χ0v) is 30.6. The molecule has 4 N–H and O–H groups in total. The van der Waals surface area contributed by atoms with E-state index in [4.69, 9.17) is 15.9 Å². The summed E-state index contributed by atoms with van der Waals surface area (Å²) in [5.74, 6) is -38.4. The highest BCUT2D eigenvalue weighted by Gasteiger charge is 2.66. The van der Waals surface area contributed by atoms with Gasteiger partial charge in [0, 0.05) is 0 Å². The van der Waals surface area contributed by atoms with Gasteiger partial charge in [-0.2, -0.15) is 39.5 Å². The van der Waals surface area contributed by atoms with Gasteiger partial charge in [-0.25, -0.2) is 49.5 Å². The fourth-order valence-electron chi connectivity index (χ4n) is 4.85. The molecule has 0 fully saturated rings. The predicted octanol–water partition coefficient (Wildman–Crippen LogP) is 7.17. The molecule has 0 radical (unpaired) electrons. The van der Waals surface area contributed by atoms with Gasteiger partial charge in [0.2, 0.25) is 0 Å².